The fourth-order valence-electron chi connectivity index (χ4n) is 1.45. The molecule has 0 fully saturated rings. The van der Waals surface area contributed by atoms with Gasteiger partial charge in [-0.3, -0.25) is 4.79 Å². The number of nitrogens with zero attached hydrogens (tertiary/aromatic N) is 1. The molecule has 0 aromatic rings. The molecule has 6 heteroatoms. The van der Waals surface area contributed by atoms with Crippen molar-refractivity contribution in [1.29, 1.82) is 0 Å². The SMILES string of the molecule is CC(=O)SCC1=CC=CC=[N+](NC(=O)OC(C)(C)C)C1. The Bertz CT molecular complexity index is 473. The van der Waals surface area contributed by atoms with Crippen molar-refractivity contribution in [2.45, 2.75) is 33.3 Å². The molecule has 0 aliphatic carbocycles. The number of carbonyl (C=O) groups excluding carboxylic acids is 2. The lowest BCUT2D eigenvalue weighted by molar-refractivity contribution is -0.562. The number of amides is 1. The smallest absolute Gasteiger partial charge is 0.440 e. The van der Waals surface area contributed by atoms with E-state index in [0.29, 0.717) is 12.3 Å². The third-order valence-corrected chi connectivity index (χ3v) is 3.10. The zero-order chi connectivity index (χ0) is 15.2. The van der Waals surface area contributed by atoms with Crippen molar-refractivity contribution in [2.24, 2.45) is 0 Å². The minimum absolute atomic E-state index is 0.0785. The van der Waals surface area contributed by atoms with Gasteiger partial charge in [-0.15, -0.1) is 4.68 Å². The van der Waals surface area contributed by atoms with Gasteiger partial charge in [0.25, 0.3) is 0 Å². The number of nitrogens with one attached hydrogen (secondary N) is 1. The van der Waals surface area contributed by atoms with E-state index >= 15 is 0 Å². The second-order valence-electron chi connectivity index (χ2n) is 5.38. The van der Waals surface area contributed by atoms with Crippen molar-refractivity contribution in [3.05, 3.63) is 23.8 Å². The summed E-state index contributed by atoms with van der Waals surface area (Å²) in [5.74, 6) is 0.611. The van der Waals surface area contributed by atoms with E-state index in [9.17, 15) is 9.59 Å². The summed E-state index contributed by atoms with van der Waals surface area (Å²) in [4.78, 5) is 22.7. The van der Waals surface area contributed by atoms with E-state index in [1.807, 2.05) is 39.0 Å². The molecular formula is C14H21N2O3S+. The fourth-order valence-corrected chi connectivity index (χ4v) is 2.03. The molecule has 0 spiro atoms. The van der Waals surface area contributed by atoms with Crippen LogP contribution in [0.4, 0.5) is 4.79 Å². The first-order chi connectivity index (χ1) is 9.26. The Labute approximate surface area is 123 Å². The van der Waals surface area contributed by atoms with Crippen LogP contribution in [0.25, 0.3) is 0 Å². The van der Waals surface area contributed by atoms with Gasteiger partial charge in [0.2, 0.25) is 0 Å². The predicted molar refractivity (Wildman–Crippen MR) is 80.9 cm³/mol. The lowest BCUT2D eigenvalue weighted by Gasteiger charge is -2.18. The highest BCUT2D eigenvalue weighted by atomic mass is 32.2. The van der Waals surface area contributed by atoms with Crippen molar-refractivity contribution >= 4 is 29.2 Å². The molecule has 110 valence electrons. The van der Waals surface area contributed by atoms with E-state index < -0.39 is 11.7 Å². The topological polar surface area (TPSA) is 58.4 Å². The Morgan fingerprint density at radius 1 is 1.40 bits per heavy atom. The molecular weight excluding hydrogens is 276 g/mol. The zero-order valence-electron chi connectivity index (χ0n) is 12.3. The Hall–Kier alpha value is -1.56. The molecule has 0 aromatic heterocycles. The fraction of sp³-hybridized carbons (Fsp3) is 0.500. The van der Waals surface area contributed by atoms with Gasteiger partial charge >= 0.3 is 6.09 Å². The highest BCUT2D eigenvalue weighted by Crippen LogP contribution is 2.10. The highest BCUT2D eigenvalue weighted by molar-refractivity contribution is 8.13. The van der Waals surface area contributed by atoms with Crippen LogP contribution in [0.5, 0.6) is 0 Å². The molecule has 0 bridgehead atoms. The second-order valence-corrected chi connectivity index (χ2v) is 6.53. The van der Waals surface area contributed by atoms with Crippen LogP contribution in [0.1, 0.15) is 27.7 Å². The lowest BCUT2D eigenvalue weighted by atomic mass is 10.2. The van der Waals surface area contributed by atoms with Crippen LogP contribution in [0.2, 0.25) is 0 Å². The number of hydrazone groups is 1. The van der Waals surface area contributed by atoms with Gasteiger partial charge in [0, 0.05) is 24.3 Å². The third kappa shape index (κ3) is 7.13. The number of allylic oxidation sites excluding steroid dienone is 3. The molecule has 5 nitrogen and oxygen atoms in total. The molecule has 0 aromatic carbocycles. The number of hydrazine groups is 1. The Kier molecular flexibility index (Phi) is 6.01. The van der Waals surface area contributed by atoms with E-state index in [0.717, 1.165) is 5.57 Å². The molecule has 0 unspecified atom stereocenters. The molecule has 0 saturated carbocycles. The van der Waals surface area contributed by atoms with Crippen LogP contribution in [0, 0.1) is 0 Å². The van der Waals surface area contributed by atoms with E-state index in [1.54, 1.807) is 17.8 Å². The largest absolute Gasteiger partial charge is 0.461 e. The highest BCUT2D eigenvalue weighted by Gasteiger charge is 2.20. The minimum atomic E-state index is -0.533. The van der Waals surface area contributed by atoms with Gasteiger partial charge in [0.1, 0.15) is 5.60 Å². The van der Waals surface area contributed by atoms with E-state index in [1.165, 1.54) is 11.8 Å². The summed E-state index contributed by atoms with van der Waals surface area (Å²) in [5.41, 5.74) is 3.18. The Morgan fingerprint density at radius 2 is 2.10 bits per heavy atom. The van der Waals surface area contributed by atoms with Crippen molar-refractivity contribution in [2.75, 3.05) is 12.3 Å². The van der Waals surface area contributed by atoms with E-state index in [-0.39, 0.29) is 5.12 Å². The molecule has 20 heavy (non-hydrogen) atoms. The van der Waals surface area contributed by atoms with Crippen LogP contribution in [0.15, 0.2) is 23.8 Å². The van der Waals surface area contributed by atoms with E-state index in [2.05, 4.69) is 5.43 Å². The summed E-state index contributed by atoms with van der Waals surface area (Å²) < 4.78 is 6.84. The number of rotatable bonds is 3. The van der Waals surface area contributed by atoms with Crippen LogP contribution in [-0.2, 0) is 9.53 Å². The summed E-state index contributed by atoms with van der Waals surface area (Å²) in [5, 5.41) is 0.0785. The van der Waals surface area contributed by atoms with Crippen molar-refractivity contribution in [1.82, 2.24) is 5.43 Å². The minimum Gasteiger partial charge on any atom is -0.440 e. The van der Waals surface area contributed by atoms with Gasteiger partial charge in [0.05, 0.1) is 0 Å². The quantitative estimate of drug-likeness (QED) is 0.812. The maximum Gasteiger partial charge on any atom is 0.461 e. The standard InChI is InChI=1S/C14H20N2O3S/c1-11(17)20-10-12-7-5-6-8-16(9-12)15-13(18)19-14(2,3)4/h5-8H,9-10H2,1-4H3/p+1. The maximum atomic E-state index is 11.7. The van der Waals surface area contributed by atoms with Gasteiger partial charge in [-0.2, -0.15) is 0 Å². The number of hydrogen-bond donors (Lipinski definition) is 1. The normalized spacial score (nSPS) is 15.0. The maximum absolute atomic E-state index is 11.7. The van der Waals surface area contributed by atoms with Crippen LogP contribution >= 0.6 is 11.8 Å². The summed E-state index contributed by atoms with van der Waals surface area (Å²) in [6, 6.07) is 0. The molecule has 0 atom stereocenters. The van der Waals surface area contributed by atoms with Gasteiger partial charge in [-0.05, 0) is 20.8 Å². The molecule has 1 rings (SSSR count). The number of carbonyl (C=O) groups is 2. The van der Waals surface area contributed by atoms with Gasteiger partial charge in [0.15, 0.2) is 17.9 Å². The van der Waals surface area contributed by atoms with Crippen molar-refractivity contribution < 1.29 is 19.0 Å². The predicted octanol–water partition coefficient (Wildman–Crippen LogP) is 2.29. The van der Waals surface area contributed by atoms with Crippen molar-refractivity contribution in [3.8, 4) is 0 Å². The first kappa shape index (κ1) is 16.5. The first-order valence-corrected chi connectivity index (χ1v) is 7.34. The number of ether oxygens (including phenoxy) is 1. The lowest BCUT2D eigenvalue weighted by Crippen LogP contribution is -2.40. The summed E-state index contributed by atoms with van der Waals surface area (Å²) >= 11 is 1.25. The van der Waals surface area contributed by atoms with Crippen LogP contribution in [-0.4, -0.2) is 40.0 Å². The number of thioether (sulfide) groups is 1. The molecule has 1 heterocycles. The van der Waals surface area contributed by atoms with Crippen molar-refractivity contribution in [3.63, 3.8) is 0 Å². The average molecular weight is 297 g/mol. The Morgan fingerprint density at radius 3 is 2.70 bits per heavy atom. The summed E-state index contributed by atoms with van der Waals surface area (Å²) in [7, 11) is 0. The molecule has 0 radical (unpaired) electrons. The molecule has 1 aliphatic rings. The second kappa shape index (κ2) is 7.28. The van der Waals surface area contributed by atoms with Crippen LogP contribution in [0.3, 0.4) is 0 Å². The average Bonchev–Trinajstić information content (AvgIpc) is 2.49. The van der Waals surface area contributed by atoms with Gasteiger partial charge in [-0.25, -0.2) is 4.79 Å². The molecule has 0 saturated heterocycles. The van der Waals surface area contributed by atoms with E-state index in [4.69, 9.17) is 4.74 Å². The summed E-state index contributed by atoms with van der Waals surface area (Å²) in [6.07, 6.45) is 6.91. The monoisotopic (exact) mass is 297 g/mol. The zero-order valence-corrected chi connectivity index (χ0v) is 13.1. The molecule has 1 N–H and O–H groups in total. The third-order valence-electron chi connectivity index (χ3n) is 2.18. The first-order valence-electron chi connectivity index (χ1n) is 6.35. The Balaban J connectivity index is 2.57. The molecule has 1 aliphatic heterocycles. The van der Waals surface area contributed by atoms with Gasteiger partial charge < -0.3 is 4.74 Å². The van der Waals surface area contributed by atoms with Gasteiger partial charge in [-0.1, -0.05) is 29.3 Å². The number of hydrogen-bond acceptors (Lipinski definition) is 4. The molecule has 1 amide bonds. The summed E-state index contributed by atoms with van der Waals surface area (Å²) in [6.45, 7) is 7.50. The van der Waals surface area contributed by atoms with Crippen LogP contribution < -0.4 is 5.43 Å².